The Morgan fingerprint density at radius 1 is 1.15 bits per heavy atom. The van der Waals surface area contributed by atoms with Gasteiger partial charge in [0.1, 0.15) is 5.82 Å². The molecule has 1 unspecified atom stereocenters. The van der Waals surface area contributed by atoms with Crippen LogP contribution in [0, 0.1) is 12.7 Å². The number of halogens is 2. The van der Waals surface area contributed by atoms with Gasteiger partial charge in [0.2, 0.25) is 0 Å². The third kappa shape index (κ3) is 4.97. The molecule has 2 heterocycles. The van der Waals surface area contributed by atoms with Gasteiger partial charge in [0.05, 0.1) is 11.3 Å². The van der Waals surface area contributed by atoms with Crippen LogP contribution in [0.25, 0.3) is 11.1 Å². The largest absolute Gasteiger partial charge is 0.411 e. The zero-order chi connectivity index (χ0) is 24.2. The van der Waals surface area contributed by atoms with Crippen molar-refractivity contribution >= 4 is 17.3 Å². The Kier molecular flexibility index (Phi) is 6.70. The van der Waals surface area contributed by atoms with Gasteiger partial charge in [-0.2, -0.15) is 0 Å². The van der Waals surface area contributed by atoms with Gasteiger partial charge in [-0.1, -0.05) is 47.1 Å². The minimum absolute atomic E-state index is 0.192. The highest BCUT2D eigenvalue weighted by Crippen LogP contribution is 2.33. The van der Waals surface area contributed by atoms with E-state index in [-0.39, 0.29) is 11.4 Å². The summed E-state index contributed by atoms with van der Waals surface area (Å²) in [5, 5.41) is 13.5. The van der Waals surface area contributed by atoms with E-state index in [1.54, 1.807) is 54.7 Å². The van der Waals surface area contributed by atoms with Crippen LogP contribution in [-0.4, -0.2) is 25.9 Å². The molecule has 0 aliphatic carbocycles. The van der Waals surface area contributed by atoms with Crippen LogP contribution in [0.4, 0.5) is 4.39 Å². The molecule has 0 radical (unpaired) electrons. The summed E-state index contributed by atoms with van der Waals surface area (Å²) in [7, 11) is 0. The first-order valence-corrected chi connectivity index (χ1v) is 10.7. The van der Waals surface area contributed by atoms with Gasteiger partial charge in [-0.25, -0.2) is 9.18 Å². The minimum atomic E-state index is -0.592. The number of hydrogen-bond donors (Lipinski definition) is 3. The fraction of sp³-hybridized carbons (Fsp3) is 0.120. The average Bonchev–Trinajstić information content (AvgIpc) is 2.81. The molecule has 4 aromatic rings. The molecule has 0 aliphatic heterocycles. The van der Waals surface area contributed by atoms with Gasteiger partial charge in [0, 0.05) is 41.0 Å². The van der Waals surface area contributed by atoms with Crippen molar-refractivity contribution in [2.45, 2.75) is 19.3 Å². The van der Waals surface area contributed by atoms with Crippen molar-refractivity contribution in [3.8, 4) is 11.1 Å². The molecular weight excluding hydrogens is 459 g/mol. The third-order valence-electron chi connectivity index (χ3n) is 5.53. The molecular formula is C25H20ClFN4O3. The van der Waals surface area contributed by atoms with Crippen LogP contribution in [0.2, 0.25) is 5.02 Å². The zero-order valence-electron chi connectivity index (χ0n) is 18.0. The number of aryl methyl sites for hydroxylation is 1. The number of benzene rings is 2. The summed E-state index contributed by atoms with van der Waals surface area (Å²) in [4.78, 5) is 32.3. The molecule has 172 valence electrons. The van der Waals surface area contributed by atoms with Crippen LogP contribution in [-0.2, 0) is 0 Å². The second kappa shape index (κ2) is 9.84. The lowest BCUT2D eigenvalue weighted by molar-refractivity contribution is 0.317. The molecule has 0 saturated heterocycles. The van der Waals surface area contributed by atoms with Crippen molar-refractivity contribution in [2.24, 2.45) is 5.16 Å². The van der Waals surface area contributed by atoms with Gasteiger partial charge in [-0.05, 0) is 47.9 Å². The predicted molar refractivity (Wildman–Crippen MR) is 128 cm³/mol. The Labute approximate surface area is 198 Å². The molecule has 3 N–H and O–H groups in total. The summed E-state index contributed by atoms with van der Waals surface area (Å²) in [6.45, 7) is 1.83. The molecule has 9 heteroatoms. The van der Waals surface area contributed by atoms with Crippen molar-refractivity contribution in [2.75, 3.05) is 0 Å². The number of aromatic nitrogens is 3. The molecule has 0 amide bonds. The van der Waals surface area contributed by atoms with Crippen LogP contribution >= 0.6 is 11.6 Å². The van der Waals surface area contributed by atoms with Crippen LogP contribution in [0.15, 0.2) is 81.7 Å². The Balaban J connectivity index is 1.76. The summed E-state index contributed by atoms with van der Waals surface area (Å²) in [5.41, 5.74) is 2.68. The van der Waals surface area contributed by atoms with Gasteiger partial charge in [-0.15, -0.1) is 0 Å². The average molecular weight is 479 g/mol. The van der Waals surface area contributed by atoms with Crippen LogP contribution in [0.1, 0.15) is 34.7 Å². The number of H-pyrrole nitrogens is 2. The van der Waals surface area contributed by atoms with Gasteiger partial charge >= 0.3 is 5.69 Å². The second-order valence-electron chi connectivity index (χ2n) is 7.76. The monoisotopic (exact) mass is 478 g/mol. The maximum atomic E-state index is 15.0. The van der Waals surface area contributed by atoms with Crippen molar-refractivity contribution in [1.29, 1.82) is 0 Å². The molecule has 4 rings (SSSR count). The van der Waals surface area contributed by atoms with Crippen molar-refractivity contribution in [1.82, 2.24) is 15.0 Å². The van der Waals surface area contributed by atoms with E-state index in [0.717, 1.165) is 11.3 Å². The van der Waals surface area contributed by atoms with Crippen molar-refractivity contribution in [3.63, 3.8) is 0 Å². The molecule has 0 aliphatic rings. The summed E-state index contributed by atoms with van der Waals surface area (Å²) in [5.74, 6) is -0.999. The van der Waals surface area contributed by atoms with E-state index in [2.05, 4.69) is 20.1 Å². The Bertz CT molecular complexity index is 1480. The van der Waals surface area contributed by atoms with E-state index in [1.807, 2.05) is 6.92 Å². The van der Waals surface area contributed by atoms with Gasteiger partial charge in [0.15, 0.2) is 0 Å². The fourth-order valence-corrected chi connectivity index (χ4v) is 4.00. The second-order valence-corrected chi connectivity index (χ2v) is 8.20. The first-order valence-electron chi connectivity index (χ1n) is 10.4. The highest BCUT2D eigenvalue weighted by molar-refractivity contribution is 6.30. The zero-order valence-corrected chi connectivity index (χ0v) is 18.8. The Morgan fingerprint density at radius 3 is 2.56 bits per heavy atom. The number of pyridine rings is 1. The standard InChI is InChI=1S/C25H20ClFN4O3/c1-14-10-17(8-9-28-14)23(31-34)12-20(19-7-6-18(26)11-22(19)27)15-2-4-16(5-3-15)21-13-29-25(33)30-24(21)32/h2-11,13,20,34H,12H2,1H3,(H2,29,30,32,33)/b31-23-. The number of hydrogen-bond acceptors (Lipinski definition) is 5. The molecule has 0 saturated carbocycles. The van der Waals surface area contributed by atoms with Crippen molar-refractivity contribution < 1.29 is 9.60 Å². The van der Waals surface area contributed by atoms with Crippen molar-refractivity contribution in [3.05, 3.63) is 121 Å². The maximum absolute atomic E-state index is 15.0. The SMILES string of the molecule is Cc1cc(/C(CC(c2ccc(-c3c[nH]c(=O)[nH]c3=O)cc2)c2ccc(Cl)cc2F)=N\O)ccn1. The normalized spacial score (nSPS) is 12.5. The number of rotatable bonds is 6. The molecule has 1 atom stereocenters. The van der Waals surface area contributed by atoms with E-state index in [9.17, 15) is 19.2 Å². The first-order chi connectivity index (χ1) is 16.4. The van der Waals surface area contributed by atoms with Gasteiger partial charge < -0.3 is 10.2 Å². The Morgan fingerprint density at radius 2 is 1.91 bits per heavy atom. The molecule has 7 nitrogen and oxygen atoms in total. The maximum Gasteiger partial charge on any atom is 0.325 e. The fourth-order valence-electron chi connectivity index (χ4n) is 3.85. The summed E-state index contributed by atoms with van der Waals surface area (Å²) < 4.78 is 15.0. The number of aromatic amines is 2. The van der Waals surface area contributed by atoms with E-state index >= 15 is 0 Å². The highest BCUT2D eigenvalue weighted by Gasteiger charge is 2.22. The lowest BCUT2D eigenvalue weighted by atomic mass is 9.84. The molecule has 0 bridgehead atoms. The summed E-state index contributed by atoms with van der Waals surface area (Å²) in [6.07, 6.45) is 3.15. The minimum Gasteiger partial charge on any atom is -0.411 e. The number of oxime groups is 1. The lowest BCUT2D eigenvalue weighted by Gasteiger charge is -2.20. The lowest BCUT2D eigenvalue weighted by Crippen LogP contribution is -2.22. The topological polar surface area (TPSA) is 111 Å². The van der Waals surface area contributed by atoms with Crippen LogP contribution in [0.3, 0.4) is 0 Å². The first kappa shape index (κ1) is 23.1. The van der Waals surface area contributed by atoms with Crippen LogP contribution in [0.5, 0.6) is 0 Å². The molecule has 34 heavy (non-hydrogen) atoms. The predicted octanol–water partition coefficient (Wildman–Crippen LogP) is 4.63. The van der Waals surface area contributed by atoms with Gasteiger partial charge in [-0.3, -0.25) is 14.8 Å². The van der Waals surface area contributed by atoms with E-state index in [1.165, 1.54) is 12.3 Å². The molecule has 2 aromatic carbocycles. The van der Waals surface area contributed by atoms with E-state index in [4.69, 9.17) is 11.6 Å². The number of nitrogens with one attached hydrogen (secondary N) is 2. The Hall–Kier alpha value is -4.04. The molecule has 0 spiro atoms. The summed E-state index contributed by atoms with van der Waals surface area (Å²) in [6, 6.07) is 14.9. The molecule has 0 fully saturated rings. The molecule has 2 aromatic heterocycles. The number of nitrogens with zero attached hydrogens (tertiary/aromatic N) is 2. The van der Waals surface area contributed by atoms with Crippen LogP contribution < -0.4 is 11.2 Å². The quantitative estimate of drug-likeness (QED) is 0.213. The van der Waals surface area contributed by atoms with Gasteiger partial charge in [0.25, 0.3) is 5.56 Å². The third-order valence-corrected chi connectivity index (χ3v) is 5.76. The summed E-state index contributed by atoms with van der Waals surface area (Å²) >= 11 is 5.96. The highest BCUT2D eigenvalue weighted by atomic mass is 35.5. The smallest absolute Gasteiger partial charge is 0.325 e. The van der Waals surface area contributed by atoms with E-state index < -0.39 is 23.0 Å². The van der Waals surface area contributed by atoms with E-state index in [0.29, 0.717) is 28.0 Å².